The third-order valence-corrected chi connectivity index (χ3v) is 2.46. The largest absolute Gasteiger partial charge is 0.417 e. The third-order valence-electron chi connectivity index (χ3n) is 2.46. The van der Waals surface area contributed by atoms with Crippen LogP contribution in [0.5, 0.6) is 0 Å². The molecule has 0 saturated heterocycles. The van der Waals surface area contributed by atoms with Crippen molar-refractivity contribution in [3.05, 3.63) is 59.7 Å². The van der Waals surface area contributed by atoms with E-state index in [2.05, 4.69) is 0 Å². The molecule has 0 aliphatic heterocycles. The van der Waals surface area contributed by atoms with Gasteiger partial charge in [-0.1, -0.05) is 24.3 Å². The summed E-state index contributed by atoms with van der Waals surface area (Å²) in [7, 11) is 0. The quantitative estimate of drug-likeness (QED) is 0.653. The van der Waals surface area contributed by atoms with E-state index in [9.17, 15) is 22.0 Å². The van der Waals surface area contributed by atoms with Gasteiger partial charge in [0.15, 0.2) is 0 Å². The zero-order valence-electron chi connectivity index (χ0n) is 8.93. The summed E-state index contributed by atoms with van der Waals surface area (Å²) < 4.78 is 65.3. The van der Waals surface area contributed by atoms with Crippen molar-refractivity contribution in [1.82, 2.24) is 0 Å². The Labute approximate surface area is 99.7 Å². The number of hydrogen-bond donors (Lipinski definition) is 0. The normalized spacial score (nSPS) is 11.6. The first kappa shape index (κ1) is 12.5. The molecule has 2 aromatic rings. The molecule has 0 amide bonds. The molecule has 18 heavy (non-hydrogen) atoms. The Morgan fingerprint density at radius 3 is 1.94 bits per heavy atom. The zero-order valence-corrected chi connectivity index (χ0v) is 8.93. The smallest absolute Gasteiger partial charge is 0.206 e. The van der Waals surface area contributed by atoms with Gasteiger partial charge in [0.05, 0.1) is 5.56 Å². The Bertz CT molecular complexity index is 572. The van der Waals surface area contributed by atoms with E-state index in [1.165, 1.54) is 12.1 Å². The number of alkyl halides is 3. The molecule has 0 spiro atoms. The van der Waals surface area contributed by atoms with E-state index in [4.69, 9.17) is 0 Å². The summed E-state index contributed by atoms with van der Waals surface area (Å²) in [4.78, 5) is 0. The minimum absolute atomic E-state index is 0.400. The maximum Gasteiger partial charge on any atom is 0.417 e. The second-order valence-electron chi connectivity index (χ2n) is 3.64. The van der Waals surface area contributed by atoms with Crippen LogP contribution >= 0.6 is 0 Å². The van der Waals surface area contributed by atoms with E-state index in [1.54, 1.807) is 0 Å². The topological polar surface area (TPSA) is 0 Å². The summed E-state index contributed by atoms with van der Waals surface area (Å²) >= 11 is 0. The first-order chi connectivity index (χ1) is 8.41. The molecule has 0 aliphatic rings. The Kier molecular flexibility index (Phi) is 3.07. The van der Waals surface area contributed by atoms with Crippen molar-refractivity contribution in [2.24, 2.45) is 0 Å². The van der Waals surface area contributed by atoms with Gasteiger partial charge in [-0.3, -0.25) is 0 Å². The highest BCUT2D eigenvalue weighted by molar-refractivity contribution is 5.69. The molecule has 0 fully saturated rings. The summed E-state index contributed by atoms with van der Waals surface area (Å²) in [5.74, 6) is -2.00. The van der Waals surface area contributed by atoms with E-state index >= 15 is 0 Å². The molecule has 0 N–H and O–H groups in total. The maximum atomic E-state index is 13.6. The number of halogens is 5. The minimum atomic E-state index is -4.74. The Hall–Kier alpha value is -1.91. The van der Waals surface area contributed by atoms with Crippen LogP contribution in [-0.4, -0.2) is 0 Å². The lowest BCUT2D eigenvalue weighted by molar-refractivity contribution is -0.137. The fourth-order valence-corrected chi connectivity index (χ4v) is 1.70. The highest BCUT2D eigenvalue weighted by atomic mass is 19.4. The van der Waals surface area contributed by atoms with Crippen molar-refractivity contribution >= 4 is 0 Å². The van der Waals surface area contributed by atoms with Crippen molar-refractivity contribution < 1.29 is 22.0 Å². The van der Waals surface area contributed by atoms with Gasteiger partial charge in [0.25, 0.3) is 0 Å². The summed E-state index contributed by atoms with van der Waals surface area (Å²) in [6.45, 7) is 0. The SMILES string of the molecule is Fc1ccccc1-c1c(F)cccc1C(F)(F)F. The maximum absolute atomic E-state index is 13.6. The first-order valence-electron chi connectivity index (χ1n) is 5.02. The van der Waals surface area contributed by atoms with Gasteiger partial charge in [0, 0.05) is 11.1 Å². The number of benzene rings is 2. The molecule has 0 saturated carbocycles. The molecular formula is C13H7F5. The van der Waals surface area contributed by atoms with Crippen molar-refractivity contribution in [3.63, 3.8) is 0 Å². The summed E-state index contributed by atoms with van der Waals surface area (Å²) in [5.41, 5.74) is -2.35. The van der Waals surface area contributed by atoms with Crippen LogP contribution in [0.15, 0.2) is 42.5 Å². The average molecular weight is 258 g/mol. The molecule has 0 bridgehead atoms. The molecule has 0 radical (unpaired) electrons. The van der Waals surface area contributed by atoms with Crippen LogP contribution < -0.4 is 0 Å². The second-order valence-corrected chi connectivity index (χ2v) is 3.64. The van der Waals surface area contributed by atoms with Gasteiger partial charge in [-0.15, -0.1) is 0 Å². The predicted octanol–water partition coefficient (Wildman–Crippen LogP) is 4.65. The van der Waals surface area contributed by atoms with Gasteiger partial charge in [-0.2, -0.15) is 13.2 Å². The fourth-order valence-electron chi connectivity index (χ4n) is 1.70. The molecule has 0 aromatic heterocycles. The standard InChI is InChI=1S/C13H7F5/c14-10-6-2-1-4-8(10)12-9(13(16,17)18)5-3-7-11(12)15/h1-7H. The summed E-state index contributed by atoms with van der Waals surface area (Å²) in [5, 5.41) is 0. The van der Waals surface area contributed by atoms with Crippen LogP contribution in [0, 0.1) is 11.6 Å². The van der Waals surface area contributed by atoms with Crippen LogP contribution in [0.25, 0.3) is 11.1 Å². The van der Waals surface area contributed by atoms with Gasteiger partial charge in [0.2, 0.25) is 0 Å². The lowest BCUT2D eigenvalue weighted by Gasteiger charge is -2.14. The first-order valence-corrected chi connectivity index (χ1v) is 5.02. The molecule has 0 heterocycles. The lowest BCUT2D eigenvalue weighted by Crippen LogP contribution is -2.09. The number of rotatable bonds is 1. The van der Waals surface area contributed by atoms with E-state index in [0.29, 0.717) is 0 Å². The molecule has 0 unspecified atom stereocenters. The molecule has 0 nitrogen and oxygen atoms in total. The van der Waals surface area contributed by atoms with Gasteiger partial charge < -0.3 is 0 Å². The average Bonchev–Trinajstić information content (AvgIpc) is 2.29. The molecule has 94 valence electrons. The summed E-state index contributed by atoms with van der Waals surface area (Å²) in [6.07, 6.45) is -4.74. The van der Waals surface area contributed by atoms with Crippen LogP contribution in [0.2, 0.25) is 0 Å². The molecule has 0 aliphatic carbocycles. The predicted molar refractivity (Wildman–Crippen MR) is 56.8 cm³/mol. The van der Waals surface area contributed by atoms with Gasteiger partial charge in [0.1, 0.15) is 11.6 Å². The van der Waals surface area contributed by atoms with E-state index < -0.39 is 34.5 Å². The van der Waals surface area contributed by atoms with Crippen LogP contribution in [0.4, 0.5) is 22.0 Å². The monoisotopic (exact) mass is 258 g/mol. The van der Waals surface area contributed by atoms with E-state index in [-0.39, 0.29) is 0 Å². The van der Waals surface area contributed by atoms with Gasteiger partial charge in [-0.25, -0.2) is 8.78 Å². The van der Waals surface area contributed by atoms with E-state index in [1.807, 2.05) is 0 Å². The van der Waals surface area contributed by atoms with Crippen LogP contribution in [-0.2, 0) is 6.18 Å². The highest BCUT2D eigenvalue weighted by Gasteiger charge is 2.35. The molecule has 5 heteroatoms. The minimum Gasteiger partial charge on any atom is -0.206 e. The van der Waals surface area contributed by atoms with E-state index in [0.717, 1.165) is 30.3 Å². The van der Waals surface area contributed by atoms with Crippen LogP contribution in [0.1, 0.15) is 5.56 Å². The Balaban J connectivity index is 2.75. The van der Waals surface area contributed by atoms with Crippen LogP contribution in [0.3, 0.4) is 0 Å². The Morgan fingerprint density at radius 1 is 0.722 bits per heavy atom. The van der Waals surface area contributed by atoms with Crippen molar-refractivity contribution in [3.8, 4) is 11.1 Å². The molecule has 2 rings (SSSR count). The molecule has 2 aromatic carbocycles. The molecule has 0 atom stereocenters. The Morgan fingerprint density at radius 2 is 1.33 bits per heavy atom. The fraction of sp³-hybridized carbons (Fsp3) is 0.0769. The zero-order chi connectivity index (χ0) is 13.3. The van der Waals surface area contributed by atoms with Crippen molar-refractivity contribution in [2.75, 3.05) is 0 Å². The third kappa shape index (κ3) is 2.20. The van der Waals surface area contributed by atoms with Gasteiger partial charge >= 0.3 is 6.18 Å². The van der Waals surface area contributed by atoms with Crippen molar-refractivity contribution in [2.45, 2.75) is 6.18 Å². The summed E-state index contributed by atoms with van der Waals surface area (Å²) in [6, 6.07) is 7.33. The highest BCUT2D eigenvalue weighted by Crippen LogP contribution is 2.39. The molecular weight excluding hydrogens is 251 g/mol. The van der Waals surface area contributed by atoms with Gasteiger partial charge in [-0.05, 0) is 18.2 Å². The number of hydrogen-bond acceptors (Lipinski definition) is 0. The van der Waals surface area contributed by atoms with Crippen molar-refractivity contribution in [1.29, 1.82) is 0 Å². The second kappa shape index (κ2) is 4.40. The lowest BCUT2D eigenvalue weighted by atomic mass is 9.98.